The van der Waals surface area contributed by atoms with Gasteiger partial charge in [-0.15, -0.1) is 0 Å². The van der Waals surface area contributed by atoms with Crippen LogP contribution in [0.15, 0.2) is 53.8 Å². The van der Waals surface area contributed by atoms with E-state index >= 15 is 0 Å². The fourth-order valence-electron chi connectivity index (χ4n) is 4.33. The van der Waals surface area contributed by atoms with Gasteiger partial charge < -0.3 is 28.4 Å². The maximum absolute atomic E-state index is 12.6. The van der Waals surface area contributed by atoms with E-state index in [0.29, 0.717) is 19.0 Å². The van der Waals surface area contributed by atoms with Gasteiger partial charge >= 0.3 is 6.09 Å². The van der Waals surface area contributed by atoms with Crippen molar-refractivity contribution in [2.75, 3.05) is 13.1 Å². The van der Waals surface area contributed by atoms with Crippen molar-refractivity contribution in [2.24, 2.45) is 18.0 Å². The van der Waals surface area contributed by atoms with Crippen molar-refractivity contribution in [2.45, 2.75) is 52.6 Å². The zero-order valence-corrected chi connectivity index (χ0v) is 23.3. The van der Waals surface area contributed by atoms with Gasteiger partial charge in [-0.2, -0.15) is 0 Å². The molecular weight excluding hydrogens is 482 g/mol. The van der Waals surface area contributed by atoms with Crippen LogP contribution < -0.4 is 0 Å². The molecule has 4 rings (SSSR count). The Morgan fingerprint density at radius 2 is 1.79 bits per heavy atom. The smallest absolute Gasteiger partial charge is 0.410 e. The highest BCUT2D eigenvalue weighted by Gasteiger charge is 2.34. The Balaban J connectivity index is 0.00000121. The quantitative estimate of drug-likeness (QED) is 0.436. The number of amides is 1. The van der Waals surface area contributed by atoms with Crippen molar-refractivity contribution in [1.82, 2.24) is 19.0 Å². The number of hydrogen-bond donors (Lipinski definition) is 0. The summed E-state index contributed by atoms with van der Waals surface area (Å²) in [4.78, 5) is 39.9. The van der Waals surface area contributed by atoms with E-state index in [1.165, 1.54) is 5.56 Å². The molecule has 2 aromatic heterocycles. The van der Waals surface area contributed by atoms with Crippen LogP contribution in [-0.4, -0.2) is 63.6 Å². The van der Waals surface area contributed by atoms with E-state index in [0.717, 1.165) is 29.4 Å². The number of aromatic nitrogens is 3. The zero-order chi connectivity index (χ0) is 28.5. The van der Waals surface area contributed by atoms with Crippen molar-refractivity contribution in [3.05, 3.63) is 65.9 Å². The molecule has 9 heteroatoms. The first-order valence-electron chi connectivity index (χ1n) is 12.5. The molecule has 38 heavy (non-hydrogen) atoms. The van der Waals surface area contributed by atoms with Gasteiger partial charge in [0.15, 0.2) is 0 Å². The molecule has 9 nitrogen and oxygen atoms in total. The lowest BCUT2D eigenvalue weighted by Gasteiger charge is -2.37. The number of benzene rings is 1. The molecular formula is C29H39N5O4. The van der Waals surface area contributed by atoms with Gasteiger partial charge in [-0.3, -0.25) is 0 Å². The number of likely N-dealkylation sites (tertiary alicyclic amines) is 1. The van der Waals surface area contributed by atoms with Crippen LogP contribution in [0.25, 0.3) is 5.69 Å². The molecule has 2 atom stereocenters. The molecule has 1 saturated heterocycles. The summed E-state index contributed by atoms with van der Waals surface area (Å²) in [6.45, 7) is 15.3. The van der Waals surface area contributed by atoms with E-state index in [4.69, 9.17) is 24.3 Å². The highest BCUT2D eigenvalue weighted by atomic mass is 16.6. The van der Waals surface area contributed by atoms with Crippen LogP contribution in [0.4, 0.5) is 10.6 Å². The maximum Gasteiger partial charge on any atom is 0.410 e. The number of aryl methyl sites for hydroxylation is 1. The second-order valence-corrected chi connectivity index (χ2v) is 10.2. The van der Waals surface area contributed by atoms with E-state index in [-0.39, 0.29) is 12.0 Å². The SMILES string of the molecule is C=O.C=O.Cc1ccc(-n2cccc2/N=C\c2cnc(C3CN(C(=O)OC(C)(C)C)CCC3C)n2C)cc1. The molecule has 1 aliphatic heterocycles. The molecule has 0 aliphatic carbocycles. The highest BCUT2D eigenvalue weighted by Crippen LogP contribution is 2.32. The van der Waals surface area contributed by atoms with Crippen molar-refractivity contribution in [3.63, 3.8) is 0 Å². The molecule has 1 aliphatic rings. The van der Waals surface area contributed by atoms with Gasteiger partial charge in [0.1, 0.15) is 30.8 Å². The van der Waals surface area contributed by atoms with Gasteiger partial charge in [0.05, 0.1) is 18.1 Å². The number of ether oxygens (including phenoxy) is 1. The fraction of sp³-hybridized carbons (Fsp3) is 0.414. The first-order chi connectivity index (χ1) is 18.1. The van der Waals surface area contributed by atoms with E-state index in [2.05, 4.69) is 47.2 Å². The predicted octanol–water partition coefficient (Wildman–Crippen LogP) is 5.26. The minimum Gasteiger partial charge on any atom is -0.444 e. The number of imidazole rings is 1. The predicted molar refractivity (Wildman–Crippen MR) is 150 cm³/mol. The number of nitrogens with zero attached hydrogens (tertiary/aromatic N) is 5. The van der Waals surface area contributed by atoms with Gasteiger partial charge in [0.2, 0.25) is 0 Å². The van der Waals surface area contributed by atoms with Crippen LogP contribution in [0, 0.1) is 12.8 Å². The number of piperidine rings is 1. The lowest BCUT2D eigenvalue weighted by Crippen LogP contribution is -2.45. The Labute approximate surface area is 225 Å². The minimum atomic E-state index is -0.501. The number of aliphatic imine (C=N–C) groups is 1. The summed E-state index contributed by atoms with van der Waals surface area (Å²) in [6, 6.07) is 12.4. The number of rotatable bonds is 4. The first kappa shape index (κ1) is 30.2. The van der Waals surface area contributed by atoms with Crippen LogP contribution in [-0.2, 0) is 21.4 Å². The zero-order valence-electron chi connectivity index (χ0n) is 23.3. The van der Waals surface area contributed by atoms with Gasteiger partial charge in [0, 0.05) is 37.9 Å². The van der Waals surface area contributed by atoms with Gasteiger partial charge in [-0.25, -0.2) is 14.8 Å². The second kappa shape index (κ2) is 13.5. The number of hydrogen-bond acceptors (Lipinski definition) is 6. The Bertz CT molecular complexity index is 1200. The molecule has 0 saturated carbocycles. The molecule has 3 heterocycles. The van der Waals surface area contributed by atoms with Gasteiger partial charge in [-0.05, 0) is 64.3 Å². The topological polar surface area (TPSA) is 98.8 Å². The molecule has 204 valence electrons. The summed E-state index contributed by atoms with van der Waals surface area (Å²) >= 11 is 0. The van der Waals surface area contributed by atoms with Crippen LogP contribution >= 0.6 is 0 Å². The Morgan fingerprint density at radius 1 is 1.13 bits per heavy atom. The third-order valence-corrected chi connectivity index (χ3v) is 6.37. The monoisotopic (exact) mass is 521 g/mol. The van der Waals surface area contributed by atoms with E-state index < -0.39 is 5.60 Å². The molecule has 2 unspecified atom stereocenters. The number of carbonyl (C=O) groups excluding carboxylic acids is 3. The Morgan fingerprint density at radius 3 is 2.42 bits per heavy atom. The maximum atomic E-state index is 12.6. The Kier molecular flexibility index (Phi) is 10.7. The lowest BCUT2D eigenvalue weighted by molar-refractivity contribution is -0.0987. The van der Waals surface area contributed by atoms with Gasteiger partial charge in [0.25, 0.3) is 0 Å². The average molecular weight is 522 g/mol. The van der Waals surface area contributed by atoms with Gasteiger partial charge in [-0.1, -0.05) is 24.6 Å². The molecule has 0 radical (unpaired) electrons. The number of carbonyl (C=O) groups is 3. The minimum absolute atomic E-state index is 0.143. The summed E-state index contributed by atoms with van der Waals surface area (Å²) in [5.41, 5.74) is 2.73. The third kappa shape index (κ3) is 7.50. The van der Waals surface area contributed by atoms with Crippen LogP contribution in [0.1, 0.15) is 57.1 Å². The third-order valence-electron chi connectivity index (χ3n) is 6.37. The molecule has 0 spiro atoms. The molecule has 1 amide bonds. The van der Waals surface area contributed by atoms with E-state index in [1.54, 1.807) is 0 Å². The summed E-state index contributed by atoms with van der Waals surface area (Å²) in [6.07, 6.45) is 6.40. The highest BCUT2D eigenvalue weighted by molar-refractivity contribution is 5.79. The summed E-state index contributed by atoms with van der Waals surface area (Å²) < 4.78 is 9.75. The summed E-state index contributed by atoms with van der Waals surface area (Å²) in [5, 5.41) is 0. The average Bonchev–Trinajstić information content (AvgIpc) is 3.51. The van der Waals surface area contributed by atoms with Crippen LogP contribution in [0.5, 0.6) is 0 Å². The fourth-order valence-corrected chi connectivity index (χ4v) is 4.33. The normalized spacial score (nSPS) is 17.3. The second-order valence-electron chi connectivity index (χ2n) is 10.2. The lowest BCUT2D eigenvalue weighted by atomic mass is 9.86. The van der Waals surface area contributed by atoms with Crippen LogP contribution in [0.2, 0.25) is 0 Å². The first-order valence-corrected chi connectivity index (χ1v) is 12.5. The molecule has 0 N–H and O–H groups in total. The Hall–Kier alpha value is -4.01. The van der Waals surface area contributed by atoms with Crippen molar-refractivity contribution < 1.29 is 19.1 Å². The van der Waals surface area contributed by atoms with Crippen molar-refractivity contribution >= 4 is 31.7 Å². The summed E-state index contributed by atoms with van der Waals surface area (Å²) in [7, 11) is 2.02. The molecule has 1 aromatic carbocycles. The molecule has 0 bridgehead atoms. The summed E-state index contributed by atoms with van der Waals surface area (Å²) in [5.74, 6) is 2.39. The van der Waals surface area contributed by atoms with Crippen molar-refractivity contribution in [1.29, 1.82) is 0 Å². The molecule has 1 fully saturated rings. The van der Waals surface area contributed by atoms with Crippen LogP contribution in [0.3, 0.4) is 0 Å². The van der Waals surface area contributed by atoms with E-state index in [1.807, 2.05) is 77.0 Å². The van der Waals surface area contributed by atoms with E-state index in [9.17, 15) is 4.79 Å². The molecule has 3 aromatic rings. The standard InChI is InChI=1S/C27H35N5O2.2CH2O/c1-19-9-11-21(12-10-19)32-14-7-8-24(32)28-16-22-17-29-25(30(22)6)23-18-31(15-13-20(23)2)26(33)34-27(3,4)5;2*1-2/h7-12,14,16-17,20,23H,13,15,18H2,1-6H3;2*1H2/b28-16-;;. The van der Waals surface area contributed by atoms with Crippen molar-refractivity contribution in [3.8, 4) is 5.69 Å². The largest absolute Gasteiger partial charge is 0.444 e.